The van der Waals surface area contributed by atoms with E-state index in [-0.39, 0.29) is 11.3 Å². The van der Waals surface area contributed by atoms with Gasteiger partial charge in [0.2, 0.25) is 0 Å². The van der Waals surface area contributed by atoms with Gasteiger partial charge in [-0.25, -0.2) is 18.7 Å². The van der Waals surface area contributed by atoms with E-state index in [0.717, 1.165) is 6.07 Å². The third kappa shape index (κ3) is 2.05. The SMILES string of the molecule is O=C(O)c1ccc(Nc2nccn3nccc23)c(F)c1. The molecular formula is C13H9FN4O2. The van der Waals surface area contributed by atoms with Gasteiger partial charge in [-0.05, 0) is 24.3 Å². The number of nitrogens with one attached hydrogen (secondary N) is 1. The maximum Gasteiger partial charge on any atom is 0.335 e. The van der Waals surface area contributed by atoms with Crippen LogP contribution in [0.4, 0.5) is 15.9 Å². The molecule has 3 rings (SSSR count). The summed E-state index contributed by atoms with van der Waals surface area (Å²) in [5.41, 5.74) is 0.731. The molecular weight excluding hydrogens is 263 g/mol. The molecule has 2 heterocycles. The third-order valence-corrected chi connectivity index (χ3v) is 2.79. The summed E-state index contributed by atoms with van der Waals surface area (Å²) in [4.78, 5) is 14.9. The maximum atomic E-state index is 13.8. The number of hydrogen-bond acceptors (Lipinski definition) is 4. The Bertz CT molecular complexity index is 800. The number of aromatic nitrogens is 3. The summed E-state index contributed by atoms with van der Waals surface area (Å²) in [6.45, 7) is 0. The highest BCUT2D eigenvalue weighted by Crippen LogP contribution is 2.22. The molecule has 0 unspecified atom stereocenters. The van der Waals surface area contributed by atoms with Crippen molar-refractivity contribution in [3.63, 3.8) is 0 Å². The van der Waals surface area contributed by atoms with Crippen LogP contribution < -0.4 is 5.32 Å². The minimum absolute atomic E-state index is 0.108. The number of fused-ring (bicyclic) bond motifs is 1. The molecule has 100 valence electrons. The van der Waals surface area contributed by atoms with E-state index < -0.39 is 11.8 Å². The highest BCUT2D eigenvalue weighted by molar-refractivity contribution is 5.88. The van der Waals surface area contributed by atoms with Crippen LogP contribution in [0.1, 0.15) is 10.4 Å². The lowest BCUT2D eigenvalue weighted by molar-refractivity contribution is 0.0696. The number of nitrogens with zero attached hydrogens (tertiary/aromatic N) is 3. The second-order valence-corrected chi connectivity index (χ2v) is 4.06. The molecule has 0 aliphatic rings. The molecule has 0 aliphatic carbocycles. The maximum absolute atomic E-state index is 13.8. The zero-order valence-corrected chi connectivity index (χ0v) is 10.1. The van der Waals surface area contributed by atoms with E-state index in [1.165, 1.54) is 18.3 Å². The highest BCUT2D eigenvalue weighted by Gasteiger charge is 2.10. The van der Waals surface area contributed by atoms with Crippen LogP contribution in [0.3, 0.4) is 0 Å². The fraction of sp³-hybridized carbons (Fsp3) is 0. The van der Waals surface area contributed by atoms with Crippen molar-refractivity contribution in [3.05, 3.63) is 54.2 Å². The van der Waals surface area contributed by atoms with Crippen molar-refractivity contribution < 1.29 is 14.3 Å². The monoisotopic (exact) mass is 272 g/mol. The molecule has 0 fully saturated rings. The Morgan fingerprint density at radius 3 is 2.90 bits per heavy atom. The van der Waals surface area contributed by atoms with Crippen LogP contribution in [0.25, 0.3) is 5.52 Å². The number of carbonyl (C=O) groups is 1. The fourth-order valence-electron chi connectivity index (χ4n) is 1.83. The van der Waals surface area contributed by atoms with Crippen molar-refractivity contribution in [2.75, 3.05) is 5.32 Å². The van der Waals surface area contributed by atoms with Gasteiger partial charge in [0.15, 0.2) is 5.82 Å². The van der Waals surface area contributed by atoms with Crippen molar-refractivity contribution in [3.8, 4) is 0 Å². The van der Waals surface area contributed by atoms with Gasteiger partial charge in [0.05, 0.1) is 17.4 Å². The van der Waals surface area contributed by atoms with Crippen LogP contribution in [-0.4, -0.2) is 25.7 Å². The molecule has 0 radical (unpaired) electrons. The predicted octanol–water partition coefficient (Wildman–Crippen LogP) is 2.31. The Balaban J connectivity index is 1.99. The molecule has 0 saturated heterocycles. The average Bonchev–Trinajstić information content (AvgIpc) is 2.90. The predicted molar refractivity (Wildman–Crippen MR) is 69.6 cm³/mol. The van der Waals surface area contributed by atoms with Gasteiger partial charge in [0.1, 0.15) is 11.3 Å². The van der Waals surface area contributed by atoms with E-state index in [1.54, 1.807) is 23.0 Å². The molecule has 0 bridgehead atoms. The summed E-state index contributed by atoms with van der Waals surface area (Å²) in [6.07, 6.45) is 4.81. The largest absolute Gasteiger partial charge is 0.478 e. The van der Waals surface area contributed by atoms with Gasteiger partial charge < -0.3 is 10.4 Å². The summed E-state index contributed by atoms with van der Waals surface area (Å²) in [6, 6.07) is 5.38. The van der Waals surface area contributed by atoms with E-state index in [4.69, 9.17) is 5.11 Å². The van der Waals surface area contributed by atoms with Crippen molar-refractivity contribution in [2.24, 2.45) is 0 Å². The second kappa shape index (κ2) is 4.61. The molecule has 0 spiro atoms. The highest BCUT2D eigenvalue weighted by atomic mass is 19.1. The Morgan fingerprint density at radius 1 is 1.30 bits per heavy atom. The van der Waals surface area contributed by atoms with Gasteiger partial charge in [-0.15, -0.1) is 0 Å². The normalized spacial score (nSPS) is 10.7. The first-order chi connectivity index (χ1) is 9.65. The topological polar surface area (TPSA) is 79.5 Å². The molecule has 0 saturated carbocycles. The quantitative estimate of drug-likeness (QED) is 0.764. The number of benzene rings is 1. The summed E-state index contributed by atoms with van der Waals surface area (Å²) in [7, 11) is 0. The van der Waals surface area contributed by atoms with Crippen LogP contribution >= 0.6 is 0 Å². The number of halogens is 1. The first-order valence-electron chi connectivity index (χ1n) is 5.73. The van der Waals surface area contributed by atoms with Gasteiger partial charge in [-0.3, -0.25) is 0 Å². The van der Waals surface area contributed by atoms with Crippen LogP contribution in [0, 0.1) is 5.82 Å². The number of anilines is 2. The lowest BCUT2D eigenvalue weighted by Gasteiger charge is -2.08. The van der Waals surface area contributed by atoms with Crippen molar-refractivity contribution in [2.45, 2.75) is 0 Å². The van der Waals surface area contributed by atoms with Gasteiger partial charge in [-0.2, -0.15) is 5.10 Å². The van der Waals surface area contributed by atoms with E-state index in [2.05, 4.69) is 15.4 Å². The summed E-state index contributed by atoms with van der Waals surface area (Å²) < 4.78 is 15.4. The third-order valence-electron chi connectivity index (χ3n) is 2.79. The lowest BCUT2D eigenvalue weighted by Crippen LogP contribution is -2.02. The van der Waals surface area contributed by atoms with E-state index in [0.29, 0.717) is 11.3 Å². The molecule has 0 amide bonds. The summed E-state index contributed by atoms with van der Waals surface area (Å²) in [5.74, 6) is -1.40. The zero-order chi connectivity index (χ0) is 14.1. The van der Waals surface area contributed by atoms with Crippen molar-refractivity contribution in [1.82, 2.24) is 14.6 Å². The standard InChI is InChI=1S/C13H9FN4O2/c14-9-7-8(13(19)20)1-2-10(9)17-12-11-3-4-16-18(11)6-5-15-12/h1-7H,(H,15,17)(H,19,20). The first-order valence-corrected chi connectivity index (χ1v) is 5.73. The van der Waals surface area contributed by atoms with Crippen molar-refractivity contribution in [1.29, 1.82) is 0 Å². The molecule has 3 aromatic rings. The molecule has 1 aromatic carbocycles. The Kier molecular flexibility index (Phi) is 2.79. The number of carboxylic acids is 1. The smallest absolute Gasteiger partial charge is 0.335 e. The number of aromatic carboxylic acids is 1. The number of hydrogen-bond donors (Lipinski definition) is 2. The van der Waals surface area contributed by atoms with Gasteiger partial charge >= 0.3 is 5.97 Å². The Morgan fingerprint density at radius 2 is 2.15 bits per heavy atom. The average molecular weight is 272 g/mol. The zero-order valence-electron chi connectivity index (χ0n) is 10.1. The van der Waals surface area contributed by atoms with E-state index in [1.807, 2.05) is 0 Å². The minimum atomic E-state index is -1.17. The first kappa shape index (κ1) is 12.1. The van der Waals surface area contributed by atoms with Crippen LogP contribution in [-0.2, 0) is 0 Å². The number of carboxylic acid groups (broad SMARTS) is 1. The second-order valence-electron chi connectivity index (χ2n) is 4.06. The molecule has 2 N–H and O–H groups in total. The van der Waals surface area contributed by atoms with Gasteiger partial charge in [0, 0.05) is 12.4 Å². The molecule has 0 atom stereocenters. The molecule has 7 heteroatoms. The number of rotatable bonds is 3. The Labute approximate surface area is 112 Å². The molecule has 0 aliphatic heterocycles. The Hall–Kier alpha value is -2.96. The molecule has 20 heavy (non-hydrogen) atoms. The lowest BCUT2D eigenvalue weighted by atomic mass is 10.2. The van der Waals surface area contributed by atoms with Crippen LogP contribution in [0.5, 0.6) is 0 Å². The molecule has 6 nitrogen and oxygen atoms in total. The van der Waals surface area contributed by atoms with Crippen LogP contribution in [0.2, 0.25) is 0 Å². The van der Waals surface area contributed by atoms with Crippen molar-refractivity contribution >= 4 is 23.0 Å². The minimum Gasteiger partial charge on any atom is -0.478 e. The molecule has 2 aromatic heterocycles. The van der Waals surface area contributed by atoms with Crippen LogP contribution in [0.15, 0.2) is 42.9 Å². The van der Waals surface area contributed by atoms with E-state index >= 15 is 0 Å². The summed E-state index contributed by atoms with van der Waals surface area (Å²) in [5, 5.41) is 15.7. The van der Waals surface area contributed by atoms with E-state index in [9.17, 15) is 9.18 Å². The van der Waals surface area contributed by atoms with Gasteiger partial charge in [0.25, 0.3) is 0 Å². The van der Waals surface area contributed by atoms with Gasteiger partial charge in [-0.1, -0.05) is 0 Å². The summed E-state index contributed by atoms with van der Waals surface area (Å²) >= 11 is 0. The fourth-order valence-corrected chi connectivity index (χ4v) is 1.83.